The van der Waals surface area contributed by atoms with Crippen LogP contribution in [-0.2, 0) is 19.5 Å². The Morgan fingerprint density at radius 3 is 3.20 bits per heavy atom. The maximum Gasteiger partial charge on any atom is 0.194 e. The van der Waals surface area contributed by atoms with Crippen LogP contribution >= 0.6 is 0 Å². The number of fused-ring (bicyclic) bond motifs is 1. The van der Waals surface area contributed by atoms with Crippen molar-refractivity contribution in [3.8, 4) is 0 Å². The summed E-state index contributed by atoms with van der Waals surface area (Å²) in [6, 6.07) is 0. The smallest absolute Gasteiger partial charge is 0.194 e. The summed E-state index contributed by atoms with van der Waals surface area (Å²) in [5.74, 6) is 1.89. The van der Waals surface area contributed by atoms with Gasteiger partial charge in [-0.1, -0.05) is 6.92 Å². The average molecular weight is 138 g/mol. The summed E-state index contributed by atoms with van der Waals surface area (Å²) in [5, 5.41) is 3.16. The monoisotopic (exact) mass is 138 g/mol. The van der Waals surface area contributed by atoms with Crippen LogP contribution in [-0.4, -0.2) is 4.98 Å². The van der Waals surface area contributed by atoms with Crippen molar-refractivity contribution in [1.82, 2.24) is 10.3 Å². The molecule has 0 atom stereocenters. The molecular formula is C7H10N2O. The van der Waals surface area contributed by atoms with E-state index in [4.69, 9.17) is 4.42 Å². The Hall–Kier alpha value is -0.830. The van der Waals surface area contributed by atoms with Crippen LogP contribution in [0.3, 0.4) is 0 Å². The molecule has 0 bridgehead atoms. The molecule has 2 rings (SSSR count). The van der Waals surface area contributed by atoms with Crippen LogP contribution in [0.1, 0.15) is 24.3 Å². The van der Waals surface area contributed by atoms with E-state index in [-0.39, 0.29) is 0 Å². The molecule has 0 unspecified atom stereocenters. The Kier molecular flexibility index (Phi) is 1.24. The minimum atomic E-state index is 0.850. The molecule has 0 amide bonds. The molecular weight excluding hydrogens is 128 g/mol. The lowest BCUT2D eigenvalue weighted by atomic mass is 10.4. The van der Waals surface area contributed by atoms with Gasteiger partial charge in [0.05, 0.1) is 12.2 Å². The van der Waals surface area contributed by atoms with E-state index in [1.54, 1.807) is 0 Å². The highest BCUT2D eigenvalue weighted by Gasteiger charge is 2.16. The molecule has 3 heteroatoms. The largest absolute Gasteiger partial charge is 0.444 e. The number of aryl methyl sites for hydroxylation is 1. The SMILES string of the molecule is CCc1nc2c(o1)CNC2. The van der Waals surface area contributed by atoms with E-state index < -0.39 is 0 Å². The fourth-order valence-corrected chi connectivity index (χ4v) is 1.16. The van der Waals surface area contributed by atoms with Crippen LogP contribution in [0.5, 0.6) is 0 Å². The van der Waals surface area contributed by atoms with Crippen LogP contribution in [0, 0.1) is 0 Å². The molecule has 1 aromatic rings. The highest BCUT2D eigenvalue weighted by Crippen LogP contribution is 2.15. The van der Waals surface area contributed by atoms with Crippen molar-refractivity contribution < 1.29 is 4.42 Å². The van der Waals surface area contributed by atoms with Gasteiger partial charge in [0.15, 0.2) is 5.89 Å². The van der Waals surface area contributed by atoms with E-state index in [9.17, 15) is 0 Å². The third kappa shape index (κ3) is 0.743. The molecule has 54 valence electrons. The minimum Gasteiger partial charge on any atom is -0.444 e. The summed E-state index contributed by atoms with van der Waals surface area (Å²) < 4.78 is 5.40. The Morgan fingerprint density at radius 1 is 1.60 bits per heavy atom. The first kappa shape index (κ1) is 5.92. The highest BCUT2D eigenvalue weighted by molar-refractivity contribution is 5.13. The number of rotatable bonds is 1. The first-order valence-corrected chi connectivity index (χ1v) is 3.58. The van der Waals surface area contributed by atoms with Crippen molar-refractivity contribution >= 4 is 0 Å². The summed E-state index contributed by atoms with van der Waals surface area (Å²) in [4.78, 5) is 4.28. The molecule has 1 aliphatic rings. The summed E-state index contributed by atoms with van der Waals surface area (Å²) in [7, 11) is 0. The van der Waals surface area contributed by atoms with Crippen molar-refractivity contribution in [1.29, 1.82) is 0 Å². The molecule has 10 heavy (non-hydrogen) atoms. The van der Waals surface area contributed by atoms with Gasteiger partial charge in [0.1, 0.15) is 5.76 Å². The van der Waals surface area contributed by atoms with Gasteiger partial charge in [0, 0.05) is 13.0 Å². The van der Waals surface area contributed by atoms with Gasteiger partial charge >= 0.3 is 0 Å². The van der Waals surface area contributed by atoms with Crippen molar-refractivity contribution in [3.63, 3.8) is 0 Å². The second kappa shape index (κ2) is 2.09. The zero-order valence-corrected chi connectivity index (χ0v) is 5.98. The van der Waals surface area contributed by atoms with Crippen LogP contribution in [0.25, 0.3) is 0 Å². The van der Waals surface area contributed by atoms with E-state index in [2.05, 4.69) is 17.2 Å². The summed E-state index contributed by atoms with van der Waals surface area (Å²) in [6.07, 6.45) is 0.896. The molecule has 1 N–H and O–H groups in total. The predicted molar refractivity (Wildman–Crippen MR) is 36.4 cm³/mol. The number of hydrogen-bond donors (Lipinski definition) is 1. The number of hydrogen-bond acceptors (Lipinski definition) is 3. The van der Waals surface area contributed by atoms with E-state index in [0.717, 1.165) is 36.9 Å². The zero-order chi connectivity index (χ0) is 6.97. The molecule has 0 fully saturated rings. The number of oxazole rings is 1. The Labute approximate surface area is 59.4 Å². The Morgan fingerprint density at radius 2 is 2.50 bits per heavy atom. The zero-order valence-electron chi connectivity index (χ0n) is 5.98. The Balaban J connectivity index is 2.37. The van der Waals surface area contributed by atoms with Crippen LogP contribution in [0.4, 0.5) is 0 Å². The standard InChI is InChI=1S/C7H10N2O/c1-2-7-9-5-3-8-4-6(5)10-7/h8H,2-4H2,1H3. The van der Waals surface area contributed by atoms with Gasteiger partial charge in [0.2, 0.25) is 0 Å². The second-order valence-electron chi connectivity index (χ2n) is 2.43. The number of aromatic nitrogens is 1. The van der Waals surface area contributed by atoms with Crippen molar-refractivity contribution in [3.05, 3.63) is 17.3 Å². The molecule has 0 radical (unpaired) electrons. The molecule has 0 aliphatic carbocycles. The lowest BCUT2D eigenvalue weighted by Gasteiger charge is -1.87. The summed E-state index contributed by atoms with van der Waals surface area (Å²) in [6.45, 7) is 3.77. The van der Waals surface area contributed by atoms with Gasteiger partial charge in [-0.2, -0.15) is 0 Å². The van der Waals surface area contributed by atoms with Crippen LogP contribution in [0.2, 0.25) is 0 Å². The van der Waals surface area contributed by atoms with E-state index >= 15 is 0 Å². The van der Waals surface area contributed by atoms with Gasteiger partial charge in [-0.25, -0.2) is 4.98 Å². The maximum atomic E-state index is 5.40. The Bertz CT molecular complexity index is 220. The van der Waals surface area contributed by atoms with Crippen molar-refractivity contribution in [2.75, 3.05) is 0 Å². The molecule has 1 aromatic heterocycles. The van der Waals surface area contributed by atoms with E-state index in [0.29, 0.717) is 0 Å². The number of nitrogens with zero attached hydrogens (tertiary/aromatic N) is 1. The van der Waals surface area contributed by atoms with Gasteiger partial charge in [-0.15, -0.1) is 0 Å². The molecule has 0 saturated heterocycles. The predicted octanol–water partition coefficient (Wildman–Crippen LogP) is 0.840. The first-order chi connectivity index (χ1) is 4.90. The van der Waals surface area contributed by atoms with Crippen molar-refractivity contribution in [2.24, 2.45) is 0 Å². The fourth-order valence-electron chi connectivity index (χ4n) is 1.16. The van der Waals surface area contributed by atoms with E-state index in [1.165, 1.54) is 0 Å². The minimum absolute atomic E-state index is 0.850. The van der Waals surface area contributed by atoms with Gasteiger partial charge < -0.3 is 9.73 Å². The molecule has 0 aromatic carbocycles. The van der Waals surface area contributed by atoms with E-state index in [1.807, 2.05) is 0 Å². The summed E-state index contributed by atoms with van der Waals surface area (Å²) >= 11 is 0. The summed E-state index contributed by atoms with van der Waals surface area (Å²) in [5.41, 5.74) is 1.09. The van der Waals surface area contributed by atoms with Crippen molar-refractivity contribution in [2.45, 2.75) is 26.4 Å². The van der Waals surface area contributed by atoms with Gasteiger partial charge in [0.25, 0.3) is 0 Å². The molecule has 0 spiro atoms. The molecule has 1 aliphatic heterocycles. The normalized spacial score (nSPS) is 15.7. The fraction of sp³-hybridized carbons (Fsp3) is 0.571. The first-order valence-electron chi connectivity index (χ1n) is 3.58. The quantitative estimate of drug-likeness (QED) is 0.625. The average Bonchev–Trinajstić information content (AvgIpc) is 2.42. The highest BCUT2D eigenvalue weighted by atomic mass is 16.4. The molecule has 0 saturated carbocycles. The third-order valence-electron chi connectivity index (χ3n) is 1.70. The lowest BCUT2D eigenvalue weighted by molar-refractivity contribution is 0.454. The molecule has 3 nitrogen and oxygen atoms in total. The molecule has 2 heterocycles. The lowest BCUT2D eigenvalue weighted by Crippen LogP contribution is -2.02. The second-order valence-corrected chi connectivity index (χ2v) is 2.43. The van der Waals surface area contributed by atoms with Crippen LogP contribution < -0.4 is 5.32 Å². The van der Waals surface area contributed by atoms with Crippen LogP contribution in [0.15, 0.2) is 4.42 Å². The topological polar surface area (TPSA) is 38.1 Å². The number of nitrogens with one attached hydrogen (secondary N) is 1. The maximum absolute atomic E-state index is 5.40. The van der Waals surface area contributed by atoms with Gasteiger partial charge in [-0.05, 0) is 0 Å². The van der Waals surface area contributed by atoms with Gasteiger partial charge in [-0.3, -0.25) is 0 Å². The third-order valence-corrected chi connectivity index (χ3v) is 1.70.